The van der Waals surface area contributed by atoms with E-state index in [9.17, 15) is 9.59 Å². The van der Waals surface area contributed by atoms with Gasteiger partial charge in [0.1, 0.15) is 5.84 Å². The number of benzene rings is 2. The molecule has 8 heteroatoms. The number of Topliss-reactive ketones (excluding diaryl/α,β-unsaturated/α-hetero) is 2. The van der Waals surface area contributed by atoms with Crippen molar-refractivity contribution in [2.24, 2.45) is 28.6 Å². The van der Waals surface area contributed by atoms with Gasteiger partial charge in [0, 0.05) is 51.8 Å². The molecule has 0 aliphatic heterocycles. The van der Waals surface area contributed by atoms with Gasteiger partial charge in [-0.25, -0.2) is 6.57 Å². The normalized spacial score (nSPS) is 24.1. The Labute approximate surface area is 196 Å². The quantitative estimate of drug-likeness (QED) is 0.150. The third-order valence-corrected chi connectivity index (χ3v) is 6.40. The molecule has 0 heterocycles. The van der Waals surface area contributed by atoms with E-state index in [0.29, 0.717) is 46.9 Å². The fourth-order valence-electron chi connectivity index (χ4n) is 3.82. The highest BCUT2D eigenvalue weighted by molar-refractivity contribution is 6.31. The Kier molecular flexibility index (Phi) is 7.89. The molecule has 4 rings (SSSR count). The summed E-state index contributed by atoms with van der Waals surface area (Å²) >= 11 is 11.6. The van der Waals surface area contributed by atoms with Gasteiger partial charge in [-0.05, 0) is 37.1 Å². The van der Waals surface area contributed by atoms with Crippen LogP contribution in [0.4, 0.5) is 0 Å². The van der Waals surface area contributed by atoms with E-state index in [0.717, 1.165) is 0 Å². The molecule has 2 aromatic carbocycles. The number of nitrogens with two attached hydrogens (primary N) is 1. The largest absolute Gasteiger partial charge is 0.409 e. The Bertz CT molecular complexity index is 1070. The first-order valence-corrected chi connectivity index (χ1v) is 11.0. The molecule has 0 atom stereocenters. The predicted octanol–water partition coefficient (Wildman–Crippen LogP) is 5.52. The summed E-state index contributed by atoms with van der Waals surface area (Å²) in [6, 6.07) is 14.0. The minimum atomic E-state index is -0.0428. The maximum Gasteiger partial charge on any atom is 0.225 e. The van der Waals surface area contributed by atoms with E-state index in [1.165, 1.54) is 0 Å². The number of halogens is 2. The molecule has 166 valence electrons. The summed E-state index contributed by atoms with van der Waals surface area (Å²) < 4.78 is 0. The van der Waals surface area contributed by atoms with E-state index < -0.39 is 0 Å². The zero-order valence-corrected chi connectivity index (χ0v) is 18.8. The minimum Gasteiger partial charge on any atom is -0.409 e. The topological polar surface area (TPSA) is 97.1 Å². The number of rotatable bonds is 5. The molecule has 2 aliphatic carbocycles. The molecule has 0 bridgehead atoms. The van der Waals surface area contributed by atoms with Crippen molar-refractivity contribution in [3.05, 3.63) is 81.1 Å². The van der Waals surface area contributed by atoms with Gasteiger partial charge in [0.15, 0.2) is 11.6 Å². The lowest BCUT2D eigenvalue weighted by atomic mass is 9.71. The average molecular weight is 472 g/mol. The average Bonchev–Trinajstić information content (AvgIpc) is 2.72. The highest BCUT2D eigenvalue weighted by atomic mass is 35.5. The van der Waals surface area contributed by atoms with E-state index in [1.54, 1.807) is 48.5 Å². The Morgan fingerprint density at radius 3 is 1.78 bits per heavy atom. The smallest absolute Gasteiger partial charge is 0.225 e. The van der Waals surface area contributed by atoms with E-state index in [-0.39, 0.29) is 41.2 Å². The first-order chi connectivity index (χ1) is 15.3. The van der Waals surface area contributed by atoms with Gasteiger partial charge in [-0.1, -0.05) is 52.6 Å². The van der Waals surface area contributed by atoms with Crippen LogP contribution in [0.25, 0.3) is 4.85 Å². The van der Waals surface area contributed by atoms with Crippen LogP contribution in [0.5, 0.6) is 0 Å². The zero-order chi connectivity index (χ0) is 23.3. The zero-order valence-electron chi connectivity index (χ0n) is 17.2. The molecule has 0 spiro atoms. The van der Waals surface area contributed by atoms with Crippen molar-refractivity contribution in [2.75, 3.05) is 0 Å². The molecule has 0 amide bonds. The lowest BCUT2D eigenvalue weighted by Crippen LogP contribution is -2.38. The highest BCUT2D eigenvalue weighted by Crippen LogP contribution is 2.36. The molecule has 32 heavy (non-hydrogen) atoms. The fraction of sp³-hybridized carbons (Fsp3) is 0.333. The van der Waals surface area contributed by atoms with Crippen molar-refractivity contribution in [2.45, 2.75) is 31.7 Å². The van der Waals surface area contributed by atoms with E-state index in [4.69, 9.17) is 40.7 Å². The summed E-state index contributed by atoms with van der Waals surface area (Å²) in [4.78, 5) is 27.3. The first-order valence-electron chi connectivity index (χ1n) is 10.3. The summed E-state index contributed by atoms with van der Waals surface area (Å²) in [7, 11) is 0. The Morgan fingerprint density at radius 2 is 1.38 bits per heavy atom. The monoisotopic (exact) mass is 471 g/mol. The number of carbonyl (C=O) groups is 2. The summed E-state index contributed by atoms with van der Waals surface area (Å²) in [5.74, 6) is 0.418. The second-order valence-electron chi connectivity index (χ2n) is 8.09. The van der Waals surface area contributed by atoms with Gasteiger partial charge in [0.05, 0.1) is 0 Å². The molecule has 3 N–H and O–H groups in total. The third kappa shape index (κ3) is 5.67. The lowest BCUT2D eigenvalue weighted by Gasteiger charge is -2.33. The van der Waals surface area contributed by atoms with Gasteiger partial charge in [0.2, 0.25) is 6.04 Å². The van der Waals surface area contributed by atoms with Crippen molar-refractivity contribution in [1.82, 2.24) is 0 Å². The van der Waals surface area contributed by atoms with Crippen molar-refractivity contribution in [3.8, 4) is 0 Å². The van der Waals surface area contributed by atoms with Gasteiger partial charge in [-0.2, -0.15) is 0 Å². The second-order valence-corrected chi connectivity index (χ2v) is 8.96. The maximum absolute atomic E-state index is 12.0. The fourth-order valence-corrected chi connectivity index (χ4v) is 4.20. The highest BCUT2D eigenvalue weighted by Gasteiger charge is 2.39. The van der Waals surface area contributed by atoms with Gasteiger partial charge < -0.3 is 15.8 Å². The van der Waals surface area contributed by atoms with Crippen molar-refractivity contribution in [3.63, 3.8) is 0 Å². The van der Waals surface area contributed by atoms with Crippen LogP contribution >= 0.6 is 23.2 Å². The number of amidine groups is 1. The van der Waals surface area contributed by atoms with E-state index >= 15 is 0 Å². The van der Waals surface area contributed by atoms with Crippen molar-refractivity contribution >= 4 is 40.6 Å². The predicted molar refractivity (Wildman–Crippen MR) is 124 cm³/mol. The van der Waals surface area contributed by atoms with E-state index in [1.807, 2.05) is 0 Å². The summed E-state index contributed by atoms with van der Waals surface area (Å²) in [5.41, 5.74) is 6.76. The van der Waals surface area contributed by atoms with Gasteiger partial charge in [-0.3, -0.25) is 9.59 Å². The van der Waals surface area contributed by atoms with Crippen LogP contribution < -0.4 is 5.73 Å². The maximum atomic E-state index is 12.0. The van der Waals surface area contributed by atoms with E-state index in [2.05, 4.69) is 10.0 Å². The molecule has 2 fully saturated rings. The second kappa shape index (κ2) is 10.6. The van der Waals surface area contributed by atoms with Crippen molar-refractivity contribution < 1.29 is 14.8 Å². The number of nitrogens with zero attached hydrogens (tertiary/aromatic N) is 2. The SMILES string of the molecule is N/C(=N\O)C1CC(C(=O)c2cccc(Cl)c2)C1.[C-]#[N+]C1CC(C(=O)c2cccc(Cl)c2)C1. The molecular weight excluding hydrogens is 449 g/mol. The minimum absolute atomic E-state index is 0.0214. The molecule has 0 saturated heterocycles. The van der Waals surface area contributed by atoms with Crippen LogP contribution in [-0.2, 0) is 0 Å². The molecule has 2 saturated carbocycles. The molecular formula is C24H23Cl2N3O3. The number of hydrogen-bond donors (Lipinski definition) is 2. The number of hydrogen-bond acceptors (Lipinski definition) is 4. The van der Waals surface area contributed by atoms with Gasteiger partial charge >= 0.3 is 0 Å². The van der Waals surface area contributed by atoms with Crippen LogP contribution in [0, 0.1) is 24.3 Å². The Morgan fingerprint density at radius 1 is 0.906 bits per heavy atom. The molecule has 0 aromatic heterocycles. The Hall–Kier alpha value is -2.88. The molecule has 6 nitrogen and oxygen atoms in total. The molecule has 0 radical (unpaired) electrons. The standard InChI is InChI=1S/C12H13ClN2O2.C12H10ClNO/c13-10-3-1-2-7(6-10)11(16)8-4-9(5-8)12(14)15-17;1-14-11-6-9(7-11)12(15)8-3-2-4-10(13)5-8/h1-3,6,8-9,17H,4-5H2,(H2,14,15);2-5,9,11H,6-7H2. The first kappa shape index (κ1) is 23.8. The number of ketones is 2. The van der Waals surface area contributed by atoms with Crippen LogP contribution in [0.3, 0.4) is 0 Å². The molecule has 0 unspecified atom stereocenters. The molecule has 2 aliphatic rings. The van der Waals surface area contributed by atoms with Crippen LogP contribution in [-0.4, -0.2) is 28.7 Å². The third-order valence-electron chi connectivity index (χ3n) is 5.93. The van der Waals surface area contributed by atoms with Gasteiger partial charge in [0.25, 0.3) is 0 Å². The molecule has 2 aromatic rings. The number of oxime groups is 1. The number of carbonyl (C=O) groups excluding carboxylic acids is 2. The Balaban J connectivity index is 0.000000182. The van der Waals surface area contributed by atoms with Crippen LogP contribution in [0.15, 0.2) is 53.7 Å². The lowest BCUT2D eigenvalue weighted by molar-refractivity contribution is 0.0819. The van der Waals surface area contributed by atoms with Crippen LogP contribution in [0.2, 0.25) is 10.0 Å². The van der Waals surface area contributed by atoms with Crippen LogP contribution in [0.1, 0.15) is 46.4 Å². The van der Waals surface area contributed by atoms with Gasteiger partial charge in [-0.15, -0.1) is 0 Å². The summed E-state index contributed by atoms with van der Waals surface area (Å²) in [6.07, 6.45) is 2.69. The summed E-state index contributed by atoms with van der Waals surface area (Å²) in [5, 5.41) is 12.6. The van der Waals surface area contributed by atoms with Crippen molar-refractivity contribution in [1.29, 1.82) is 0 Å². The summed E-state index contributed by atoms with van der Waals surface area (Å²) in [6.45, 7) is 6.82.